The lowest BCUT2D eigenvalue weighted by Crippen LogP contribution is -2.49. The van der Waals surface area contributed by atoms with E-state index in [-0.39, 0.29) is 0 Å². The molecule has 0 spiro atoms. The number of hydrogen-bond acceptors (Lipinski definition) is 2. The Kier molecular flexibility index (Phi) is 6.04. The van der Waals surface area contributed by atoms with Crippen LogP contribution in [0.1, 0.15) is 20.3 Å². The van der Waals surface area contributed by atoms with E-state index in [0.29, 0.717) is 6.04 Å². The monoisotopic (exact) mass is 232 g/mol. The largest absolute Gasteiger partial charge is 0.315 e. The summed E-state index contributed by atoms with van der Waals surface area (Å²) >= 11 is 0. The van der Waals surface area contributed by atoms with Crippen molar-refractivity contribution in [1.29, 1.82) is 0 Å². The van der Waals surface area contributed by atoms with Crippen molar-refractivity contribution in [3.05, 3.63) is 23.8 Å². The van der Waals surface area contributed by atoms with E-state index in [4.69, 9.17) is 6.42 Å². The van der Waals surface area contributed by atoms with Gasteiger partial charge in [-0.25, -0.2) is 0 Å². The molecule has 0 aromatic rings. The van der Waals surface area contributed by atoms with E-state index >= 15 is 0 Å². The van der Waals surface area contributed by atoms with Gasteiger partial charge in [0, 0.05) is 19.1 Å². The van der Waals surface area contributed by atoms with Gasteiger partial charge in [-0.1, -0.05) is 25.0 Å². The lowest BCUT2D eigenvalue weighted by molar-refractivity contribution is 0.165. The van der Waals surface area contributed by atoms with Crippen molar-refractivity contribution in [1.82, 2.24) is 10.2 Å². The molecule has 0 bridgehead atoms. The zero-order chi connectivity index (χ0) is 12.7. The zero-order valence-electron chi connectivity index (χ0n) is 11.2. The molecule has 1 N–H and O–H groups in total. The molecule has 1 saturated heterocycles. The molecule has 1 rings (SSSR count). The Morgan fingerprint density at radius 1 is 1.59 bits per heavy atom. The Labute approximate surface area is 106 Å². The van der Waals surface area contributed by atoms with Crippen LogP contribution in [0.2, 0.25) is 0 Å². The normalized spacial score (nSPS) is 27.3. The van der Waals surface area contributed by atoms with Crippen molar-refractivity contribution in [3.8, 4) is 12.3 Å². The predicted octanol–water partition coefficient (Wildman–Crippen LogP) is 2.05. The van der Waals surface area contributed by atoms with Crippen LogP contribution in [0, 0.1) is 18.3 Å². The van der Waals surface area contributed by atoms with Gasteiger partial charge in [0.05, 0.1) is 0 Å². The van der Waals surface area contributed by atoms with Gasteiger partial charge in [-0.3, -0.25) is 4.90 Å². The minimum absolute atomic E-state index is 0.599. The number of likely N-dealkylation sites (tertiary alicyclic amines) is 1. The number of piperidine rings is 1. The molecule has 2 heteroatoms. The van der Waals surface area contributed by atoms with E-state index in [1.165, 1.54) is 18.5 Å². The molecule has 2 nitrogen and oxygen atoms in total. The van der Waals surface area contributed by atoms with Crippen LogP contribution < -0.4 is 5.32 Å². The summed E-state index contributed by atoms with van der Waals surface area (Å²) in [6.07, 6.45) is 12.6. The Bertz CT molecular complexity index is 322. The summed E-state index contributed by atoms with van der Waals surface area (Å²) in [4.78, 5) is 2.48. The highest BCUT2D eigenvalue weighted by atomic mass is 15.2. The van der Waals surface area contributed by atoms with Crippen LogP contribution in [-0.4, -0.2) is 37.6 Å². The first kappa shape index (κ1) is 14.0. The van der Waals surface area contributed by atoms with Crippen molar-refractivity contribution in [3.63, 3.8) is 0 Å². The standard InChI is InChI=1S/C15H24N2/c1-5-7-14(8-6-2)11-17-10-9-13(3)15(12-17)16-4/h1,6-8,13,15-16H,9-12H2,2-4H3/b8-6-,14-7+. The Morgan fingerprint density at radius 2 is 2.35 bits per heavy atom. The molecule has 0 aromatic heterocycles. The molecule has 0 aromatic carbocycles. The molecular formula is C15H24N2. The summed E-state index contributed by atoms with van der Waals surface area (Å²) in [6.45, 7) is 7.58. The summed E-state index contributed by atoms with van der Waals surface area (Å²) < 4.78 is 0. The van der Waals surface area contributed by atoms with Crippen molar-refractivity contribution < 1.29 is 0 Å². The molecule has 0 aliphatic carbocycles. The highest BCUT2D eigenvalue weighted by Gasteiger charge is 2.24. The maximum atomic E-state index is 5.35. The molecular weight excluding hydrogens is 208 g/mol. The van der Waals surface area contributed by atoms with Gasteiger partial charge in [-0.15, -0.1) is 6.42 Å². The van der Waals surface area contributed by atoms with Gasteiger partial charge in [0.25, 0.3) is 0 Å². The SMILES string of the molecule is C#C/C=C(\C=C/C)CN1CCC(C)C(NC)C1. The first-order valence-electron chi connectivity index (χ1n) is 6.38. The van der Waals surface area contributed by atoms with Crippen LogP contribution in [0.25, 0.3) is 0 Å². The van der Waals surface area contributed by atoms with Gasteiger partial charge in [0.2, 0.25) is 0 Å². The average Bonchev–Trinajstić information content (AvgIpc) is 2.32. The van der Waals surface area contributed by atoms with Crippen molar-refractivity contribution >= 4 is 0 Å². The van der Waals surface area contributed by atoms with Crippen LogP contribution in [0.5, 0.6) is 0 Å². The quantitative estimate of drug-likeness (QED) is 0.589. The molecule has 17 heavy (non-hydrogen) atoms. The molecule has 1 aliphatic heterocycles. The smallest absolute Gasteiger partial charge is 0.0240 e. The number of hydrogen-bond donors (Lipinski definition) is 1. The first-order valence-corrected chi connectivity index (χ1v) is 6.38. The Balaban J connectivity index is 2.57. The van der Waals surface area contributed by atoms with E-state index in [1.54, 1.807) is 0 Å². The maximum absolute atomic E-state index is 5.35. The average molecular weight is 232 g/mol. The van der Waals surface area contributed by atoms with Crippen molar-refractivity contribution in [2.24, 2.45) is 5.92 Å². The topological polar surface area (TPSA) is 15.3 Å². The van der Waals surface area contributed by atoms with Crippen LogP contribution in [-0.2, 0) is 0 Å². The van der Waals surface area contributed by atoms with Crippen LogP contribution in [0.4, 0.5) is 0 Å². The lowest BCUT2D eigenvalue weighted by atomic mass is 9.93. The second-order valence-corrected chi connectivity index (χ2v) is 4.78. The third kappa shape index (κ3) is 4.38. The highest BCUT2D eigenvalue weighted by Crippen LogP contribution is 2.17. The molecule has 1 fully saturated rings. The number of nitrogens with one attached hydrogen (secondary N) is 1. The van der Waals surface area contributed by atoms with Crippen molar-refractivity contribution in [2.75, 3.05) is 26.7 Å². The van der Waals surface area contributed by atoms with E-state index in [1.807, 2.05) is 19.1 Å². The van der Waals surface area contributed by atoms with Crippen LogP contribution in [0.3, 0.4) is 0 Å². The first-order chi connectivity index (χ1) is 8.21. The van der Waals surface area contributed by atoms with Gasteiger partial charge >= 0.3 is 0 Å². The summed E-state index contributed by atoms with van der Waals surface area (Å²) in [5.74, 6) is 3.38. The van der Waals surface area contributed by atoms with Gasteiger partial charge < -0.3 is 5.32 Å². The Morgan fingerprint density at radius 3 is 2.94 bits per heavy atom. The maximum Gasteiger partial charge on any atom is 0.0240 e. The van der Waals surface area contributed by atoms with Crippen LogP contribution >= 0.6 is 0 Å². The van der Waals surface area contributed by atoms with Crippen LogP contribution in [0.15, 0.2) is 23.8 Å². The molecule has 1 aliphatic rings. The molecule has 2 unspecified atom stereocenters. The fourth-order valence-electron chi connectivity index (χ4n) is 2.38. The fourth-order valence-corrected chi connectivity index (χ4v) is 2.38. The third-order valence-corrected chi connectivity index (χ3v) is 3.47. The number of rotatable bonds is 4. The number of nitrogens with zero attached hydrogens (tertiary/aromatic N) is 1. The number of likely N-dealkylation sites (N-methyl/N-ethyl adjacent to an activating group) is 1. The predicted molar refractivity (Wildman–Crippen MR) is 74.8 cm³/mol. The van der Waals surface area contributed by atoms with E-state index < -0.39 is 0 Å². The van der Waals surface area contributed by atoms with E-state index in [0.717, 1.165) is 19.0 Å². The second kappa shape index (κ2) is 7.32. The van der Waals surface area contributed by atoms with E-state index in [2.05, 4.69) is 36.2 Å². The van der Waals surface area contributed by atoms with Gasteiger partial charge in [0.1, 0.15) is 0 Å². The van der Waals surface area contributed by atoms with E-state index in [9.17, 15) is 0 Å². The molecule has 94 valence electrons. The minimum atomic E-state index is 0.599. The van der Waals surface area contributed by atoms with Gasteiger partial charge in [-0.2, -0.15) is 0 Å². The van der Waals surface area contributed by atoms with Gasteiger partial charge in [-0.05, 0) is 44.5 Å². The summed E-state index contributed by atoms with van der Waals surface area (Å²) in [6, 6.07) is 0.599. The van der Waals surface area contributed by atoms with Gasteiger partial charge in [0.15, 0.2) is 0 Å². The molecule has 0 radical (unpaired) electrons. The number of allylic oxidation sites excluding steroid dienone is 2. The third-order valence-electron chi connectivity index (χ3n) is 3.47. The molecule has 2 atom stereocenters. The van der Waals surface area contributed by atoms with Crippen molar-refractivity contribution in [2.45, 2.75) is 26.3 Å². The zero-order valence-corrected chi connectivity index (χ0v) is 11.2. The molecule has 1 heterocycles. The highest BCUT2D eigenvalue weighted by molar-refractivity contribution is 5.28. The second-order valence-electron chi connectivity index (χ2n) is 4.78. The minimum Gasteiger partial charge on any atom is -0.315 e. The fraction of sp³-hybridized carbons (Fsp3) is 0.600. The lowest BCUT2D eigenvalue weighted by Gasteiger charge is -2.37. The molecule has 0 amide bonds. The Hall–Kier alpha value is -1.04. The summed E-state index contributed by atoms with van der Waals surface area (Å²) in [5.41, 5.74) is 1.22. The summed E-state index contributed by atoms with van der Waals surface area (Å²) in [5, 5.41) is 3.40. The number of terminal acetylenes is 1. The summed E-state index contributed by atoms with van der Waals surface area (Å²) in [7, 11) is 2.05. The molecule has 0 saturated carbocycles.